The Bertz CT molecular complexity index is 275. The van der Waals surface area contributed by atoms with Crippen LogP contribution in [0.1, 0.15) is 17.7 Å². The summed E-state index contributed by atoms with van der Waals surface area (Å²) in [6.45, 7) is 1.32. The zero-order chi connectivity index (χ0) is 10.9. The Morgan fingerprint density at radius 3 is 3.07 bits per heavy atom. The number of carbonyl (C=O) groups excluding carboxylic acids is 1. The lowest BCUT2D eigenvalue weighted by Crippen LogP contribution is -2.29. The van der Waals surface area contributed by atoms with Crippen molar-refractivity contribution in [2.24, 2.45) is 5.84 Å². The molecule has 0 bridgehead atoms. The normalized spacial score (nSPS) is 10.2. The second-order valence-electron chi connectivity index (χ2n) is 3.11. The molecule has 1 heterocycles. The van der Waals surface area contributed by atoms with Crippen LogP contribution in [-0.4, -0.2) is 19.1 Å². The van der Waals surface area contributed by atoms with Gasteiger partial charge in [-0.15, -0.1) is 11.3 Å². The number of ether oxygens (including phenoxy) is 1. The van der Waals surface area contributed by atoms with Gasteiger partial charge in [0, 0.05) is 24.3 Å². The van der Waals surface area contributed by atoms with Gasteiger partial charge in [-0.2, -0.15) is 0 Å². The third-order valence-corrected chi connectivity index (χ3v) is 2.86. The Hall–Kier alpha value is -0.910. The number of nitrogens with two attached hydrogens (primary N) is 1. The van der Waals surface area contributed by atoms with Crippen LogP contribution in [0.2, 0.25) is 0 Å². The number of hydrazine groups is 1. The molecule has 0 aliphatic rings. The zero-order valence-electron chi connectivity index (χ0n) is 8.57. The maximum atomic E-state index is 10.7. The molecule has 0 saturated heterocycles. The van der Waals surface area contributed by atoms with E-state index in [1.165, 1.54) is 4.88 Å². The molecule has 3 N–H and O–H groups in total. The minimum absolute atomic E-state index is 0.142. The summed E-state index contributed by atoms with van der Waals surface area (Å²) in [6, 6.07) is 4.13. The molecule has 0 atom stereocenters. The Kier molecular flexibility index (Phi) is 5.99. The molecule has 0 fully saturated rings. The first-order chi connectivity index (χ1) is 7.33. The standard InChI is InChI=1S/C10H16N2O2S/c11-12-10(13)4-1-6-14-7-5-9-3-2-8-15-9/h2-3,8H,1,4-7,11H2,(H,12,13). The van der Waals surface area contributed by atoms with Gasteiger partial charge in [0.1, 0.15) is 0 Å². The lowest BCUT2D eigenvalue weighted by molar-refractivity contribution is -0.121. The van der Waals surface area contributed by atoms with Crippen molar-refractivity contribution in [1.29, 1.82) is 0 Å². The molecule has 1 aromatic rings. The van der Waals surface area contributed by atoms with E-state index >= 15 is 0 Å². The van der Waals surface area contributed by atoms with Crippen LogP contribution < -0.4 is 11.3 Å². The smallest absolute Gasteiger partial charge is 0.233 e. The van der Waals surface area contributed by atoms with Gasteiger partial charge in [-0.25, -0.2) is 5.84 Å². The second kappa shape index (κ2) is 7.39. The van der Waals surface area contributed by atoms with Crippen LogP contribution in [0.5, 0.6) is 0 Å². The van der Waals surface area contributed by atoms with E-state index in [0.717, 1.165) is 6.42 Å². The van der Waals surface area contributed by atoms with Crippen molar-refractivity contribution in [3.63, 3.8) is 0 Å². The topological polar surface area (TPSA) is 64.3 Å². The first-order valence-corrected chi connectivity index (χ1v) is 5.80. The summed E-state index contributed by atoms with van der Waals surface area (Å²) in [5.74, 6) is 4.80. The molecule has 4 nitrogen and oxygen atoms in total. The van der Waals surface area contributed by atoms with Crippen LogP contribution in [0.15, 0.2) is 17.5 Å². The predicted molar refractivity (Wildman–Crippen MR) is 60.4 cm³/mol. The summed E-state index contributed by atoms with van der Waals surface area (Å²) in [6.07, 6.45) is 2.09. The molecule has 0 spiro atoms. The van der Waals surface area contributed by atoms with E-state index in [-0.39, 0.29) is 5.91 Å². The highest BCUT2D eigenvalue weighted by Crippen LogP contribution is 2.08. The number of amides is 1. The highest BCUT2D eigenvalue weighted by atomic mass is 32.1. The van der Waals surface area contributed by atoms with Gasteiger partial charge < -0.3 is 4.74 Å². The van der Waals surface area contributed by atoms with Crippen molar-refractivity contribution in [1.82, 2.24) is 5.43 Å². The van der Waals surface area contributed by atoms with Crippen LogP contribution in [0.25, 0.3) is 0 Å². The van der Waals surface area contributed by atoms with Crippen LogP contribution in [-0.2, 0) is 16.0 Å². The molecule has 0 aliphatic carbocycles. The molecule has 0 aromatic carbocycles. The molecule has 84 valence electrons. The maximum Gasteiger partial charge on any atom is 0.233 e. The molecule has 0 aliphatic heterocycles. The average molecular weight is 228 g/mol. The summed E-state index contributed by atoms with van der Waals surface area (Å²) < 4.78 is 5.39. The minimum Gasteiger partial charge on any atom is -0.381 e. The lowest BCUT2D eigenvalue weighted by Gasteiger charge is -2.02. The van der Waals surface area contributed by atoms with Crippen LogP contribution >= 0.6 is 11.3 Å². The van der Waals surface area contributed by atoms with Crippen LogP contribution in [0.4, 0.5) is 0 Å². The molecule has 15 heavy (non-hydrogen) atoms. The predicted octanol–water partition coefficient (Wildman–Crippen LogP) is 1.08. The molecule has 0 radical (unpaired) electrons. The van der Waals surface area contributed by atoms with Crippen molar-refractivity contribution < 1.29 is 9.53 Å². The maximum absolute atomic E-state index is 10.7. The SMILES string of the molecule is NNC(=O)CCCOCCc1cccs1. The first kappa shape index (κ1) is 12.2. The highest BCUT2D eigenvalue weighted by molar-refractivity contribution is 7.09. The molecule has 0 unspecified atom stereocenters. The van der Waals surface area contributed by atoms with E-state index in [1.807, 2.05) is 6.07 Å². The Labute approximate surface area is 93.4 Å². The molecule has 1 aromatic heterocycles. The Morgan fingerprint density at radius 2 is 2.40 bits per heavy atom. The van der Waals surface area contributed by atoms with Crippen molar-refractivity contribution >= 4 is 17.2 Å². The first-order valence-electron chi connectivity index (χ1n) is 4.92. The zero-order valence-corrected chi connectivity index (χ0v) is 9.39. The van der Waals surface area contributed by atoms with E-state index in [9.17, 15) is 4.79 Å². The summed E-state index contributed by atoms with van der Waals surface area (Å²) >= 11 is 1.73. The van der Waals surface area contributed by atoms with Gasteiger partial charge in [0.2, 0.25) is 5.91 Å². The number of rotatable bonds is 7. The summed E-state index contributed by atoms with van der Waals surface area (Å²) in [4.78, 5) is 12.1. The van der Waals surface area contributed by atoms with E-state index in [0.29, 0.717) is 26.1 Å². The Balaban J connectivity index is 1.91. The largest absolute Gasteiger partial charge is 0.381 e. The third kappa shape index (κ3) is 5.51. The summed E-state index contributed by atoms with van der Waals surface area (Å²) in [5.41, 5.74) is 2.09. The van der Waals surface area contributed by atoms with Crippen molar-refractivity contribution in [3.8, 4) is 0 Å². The molecule has 0 saturated carbocycles. The van der Waals surface area contributed by atoms with Crippen LogP contribution in [0.3, 0.4) is 0 Å². The molecule has 1 amide bonds. The number of thiophene rings is 1. The fraction of sp³-hybridized carbons (Fsp3) is 0.500. The summed E-state index contributed by atoms with van der Waals surface area (Å²) in [7, 11) is 0. The number of hydrogen-bond acceptors (Lipinski definition) is 4. The fourth-order valence-corrected chi connectivity index (χ4v) is 1.83. The van der Waals surface area contributed by atoms with Gasteiger partial charge in [-0.3, -0.25) is 10.2 Å². The minimum atomic E-state index is -0.142. The van der Waals surface area contributed by atoms with E-state index in [1.54, 1.807) is 11.3 Å². The van der Waals surface area contributed by atoms with Gasteiger partial charge >= 0.3 is 0 Å². The monoisotopic (exact) mass is 228 g/mol. The third-order valence-electron chi connectivity index (χ3n) is 1.93. The highest BCUT2D eigenvalue weighted by Gasteiger charge is 1.98. The lowest BCUT2D eigenvalue weighted by atomic mass is 10.3. The molecule has 1 rings (SSSR count). The van der Waals surface area contributed by atoms with Gasteiger partial charge in [0.15, 0.2) is 0 Å². The van der Waals surface area contributed by atoms with Gasteiger partial charge in [0.05, 0.1) is 6.61 Å². The Morgan fingerprint density at radius 1 is 1.53 bits per heavy atom. The van der Waals surface area contributed by atoms with E-state index in [2.05, 4.69) is 16.9 Å². The van der Waals surface area contributed by atoms with E-state index in [4.69, 9.17) is 10.6 Å². The van der Waals surface area contributed by atoms with E-state index < -0.39 is 0 Å². The van der Waals surface area contributed by atoms with Gasteiger partial charge in [0.25, 0.3) is 0 Å². The van der Waals surface area contributed by atoms with Crippen molar-refractivity contribution in [2.45, 2.75) is 19.3 Å². The fourth-order valence-electron chi connectivity index (χ4n) is 1.14. The number of carbonyl (C=O) groups is 1. The van der Waals surface area contributed by atoms with Gasteiger partial charge in [-0.05, 0) is 17.9 Å². The summed E-state index contributed by atoms with van der Waals surface area (Å²) in [5, 5.41) is 2.06. The van der Waals surface area contributed by atoms with Crippen molar-refractivity contribution in [2.75, 3.05) is 13.2 Å². The van der Waals surface area contributed by atoms with Crippen LogP contribution in [0, 0.1) is 0 Å². The molecular weight excluding hydrogens is 212 g/mol. The molecular formula is C10H16N2O2S. The quantitative estimate of drug-likeness (QED) is 0.318. The van der Waals surface area contributed by atoms with Crippen molar-refractivity contribution in [3.05, 3.63) is 22.4 Å². The molecule has 5 heteroatoms. The number of nitrogens with one attached hydrogen (secondary N) is 1. The van der Waals surface area contributed by atoms with Gasteiger partial charge in [-0.1, -0.05) is 6.07 Å². The second-order valence-corrected chi connectivity index (χ2v) is 4.15. The number of hydrogen-bond donors (Lipinski definition) is 2. The average Bonchev–Trinajstić information content (AvgIpc) is 2.75.